The number of aromatic amines is 1. The summed E-state index contributed by atoms with van der Waals surface area (Å²) >= 11 is 1.54. The highest BCUT2D eigenvalue weighted by atomic mass is 32.2. The Morgan fingerprint density at radius 2 is 2.06 bits per heavy atom. The van der Waals surface area contributed by atoms with Crippen LogP contribution in [0.1, 0.15) is 21.5 Å². The van der Waals surface area contributed by atoms with Gasteiger partial charge in [0, 0.05) is 46.1 Å². The number of H-pyrrole nitrogens is 1. The second-order valence-electron chi connectivity index (χ2n) is 7.42. The van der Waals surface area contributed by atoms with Gasteiger partial charge in [-0.3, -0.25) is 9.59 Å². The van der Waals surface area contributed by atoms with Gasteiger partial charge in [-0.25, -0.2) is 0 Å². The normalized spacial score (nSPS) is 13.2. The molecule has 2 amide bonds. The van der Waals surface area contributed by atoms with Crippen LogP contribution in [0.3, 0.4) is 0 Å². The molecule has 166 valence electrons. The van der Waals surface area contributed by atoms with Crippen LogP contribution >= 0.6 is 11.8 Å². The zero-order chi connectivity index (χ0) is 22.5. The highest BCUT2D eigenvalue weighted by Gasteiger charge is 2.16. The summed E-state index contributed by atoms with van der Waals surface area (Å²) in [6, 6.07) is 11.1. The maximum atomic E-state index is 12.7. The summed E-state index contributed by atoms with van der Waals surface area (Å²) in [5.74, 6) is 1.42. The molecule has 32 heavy (non-hydrogen) atoms. The molecule has 4 rings (SSSR count). The molecule has 2 aromatic carbocycles. The summed E-state index contributed by atoms with van der Waals surface area (Å²) in [6.07, 6.45) is 2.63. The average Bonchev–Trinajstić information content (AvgIpc) is 3.23. The lowest BCUT2D eigenvalue weighted by atomic mass is 10.1. The number of thioether (sulfide) groups is 1. The molecule has 0 aliphatic carbocycles. The van der Waals surface area contributed by atoms with Crippen molar-refractivity contribution in [1.29, 1.82) is 0 Å². The Morgan fingerprint density at radius 3 is 2.84 bits per heavy atom. The Labute approximate surface area is 190 Å². The predicted molar refractivity (Wildman–Crippen MR) is 127 cm³/mol. The van der Waals surface area contributed by atoms with E-state index < -0.39 is 0 Å². The average molecular weight is 452 g/mol. The van der Waals surface area contributed by atoms with Crippen LogP contribution in [0.5, 0.6) is 5.75 Å². The van der Waals surface area contributed by atoms with Gasteiger partial charge in [0.2, 0.25) is 0 Å². The van der Waals surface area contributed by atoms with Gasteiger partial charge in [0.15, 0.2) is 5.76 Å². The van der Waals surface area contributed by atoms with Gasteiger partial charge in [0.25, 0.3) is 11.8 Å². The number of anilines is 1. The third-order valence-corrected chi connectivity index (χ3v) is 6.06. The molecule has 2 heterocycles. The van der Waals surface area contributed by atoms with Crippen LogP contribution in [0.4, 0.5) is 5.69 Å². The molecule has 3 aromatic rings. The number of hydrogen-bond donors (Lipinski definition) is 3. The summed E-state index contributed by atoms with van der Waals surface area (Å²) in [5, 5.41) is 8.59. The zero-order valence-corrected chi connectivity index (χ0v) is 18.8. The molecule has 0 spiro atoms. The first-order valence-corrected chi connectivity index (χ1v) is 11.4. The highest BCUT2D eigenvalue weighted by molar-refractivity contribution is 8.02. The smallest absolute Gasteiger partial charge is 0.291 e. The number of aryl methyl sites for hydroxylation is 1. The van der Waals surface area contributed by atoms with Crippen LogP contribution in [0, 0.1) is 6.92 Å². The highest BCUT2D eigenvalue weighted by Crippen LogP contribution is 2.24. The third-order valence-electron chi connectivity index (χ3n) is 5.28. The van der Waals surface area contributed by atoms with Crippen LogP contribution in [-0.2, 0) is 16.0 Å². The largest absolute Gasteiger partial charge is 0.497 e. The number of hydrogen-bond acceptors (Lipinski definition) is 5. The van der Waals surface area contributed by atoms with E-state index in [1.165, 1.54) is 0 Å². The number of amides is 2. The Bertz CT molecular complexity index is 1190. The van der Waals surface area contributed by atoms with E-state index in [0.29, 0.717) is 36.6 Å². The quantitative estimate of drug-likeness (QED) is 0.505. The van der Waals surface area contributed by atoms with E-state index in [1.54, 1.807) is 36.4 Å². The second-order valence-corrected chi connectivity index (χ2v) is 8.39. The van der Waals surface area contributed by atoms with Crippen molar-refractivity contribution in [1.82, 2.24) is 10.3 Å². The molecular formula is C24H25N3O4S. The summed E-state index contributed by atoms with van der Waals surface area (Å²) in [6.45, 7) is 2.87. The molecule has 0 radical (unpaired) electrons. The molecule has 3 N–H and O–H groups in total. The molecule has 1 aromatic heterocycles. The third kappa shape index (κ3) is 4.91. The lowest BCUT2D eigenvalue weighted by molar-refractivity contribution is -0.116. The molecular weight excluding hydrogens is 426 g/mol. The molecule has 8 heteroatoms. The van der Waals surface area contributed by atoms with E-state index in [4.69, 9.17) is 9.47 Å². The molecule has 0 unspecified atom stereocenters. The van der Waals surface area contributed by atoms with Gasteiger partial charge in [-0.1, -0.05) is 6.07 Å². The van der Waals surface area contributed by atoms with E-state index in [2.05, 4.69) is 15.6 Å². The first-order chi connectivity index (χ1) is 15.5. The Balaban J connectivity index is 1.39. The summed E-state index contributed by atoms with van der Waals surface area (Å²) in [5.41, 5.74) is 4.08. The summed E-state index contributed by atoms with van der Waals surface area (Å²) < 4.78 is 10.7. The Kier molecular flexibility index (Phi) is 6.70. The number of carbonyl (C=O) groups is 2. The van der Waals surface area contributed by atoms with Gasteiger partial charge in [-0.2, -0.15) is 0 Å². The minimum atomic E-state index is -0.312. The van der Waals surface area contributed by atoms with Gasteiger partial charge >= 0.3 is 0 Å². The lowest BCUT2D eigenvalue weighted by Gasteiger charge is -2.15. The van der Waals surface area contributed by atoms with Crippen molar-refractivity contribution < 1.29 is 19.1 Å². The van der Waals surface area contributed by atoms with Gasteiger partial charge in [0.05, 0.1) is 13.7 Å². The van der Waals surface area contributed by atoms with E-state index >= 15 is 0 Å². The van der Waals surface area contributed by atoms with E-state index in [9.17, 15) is 9.59 Å². The number of ether oxygens (including phenoxy) is 2. The number of methoxy groups -OCH3 is 1. The Morgan fingerprint density at radius 1 is 1.19 bits per heavy atom. The zero-order valence-electron chi connectivity index (χ0n) is 18.0. The van der Waals surface area contributed by atoms with Crippen molar-refractivity contribution in [3.8, 4) is 5.75 Å². The van der Waals surface area contributed by atoms with Gasteiger partial charge in [0.1, 0.15) is 5.75 Å². The first-order valence-electron chi connectivity index (χ1n) is 10.3. The SMILES string of the molecule is COc1ccc2[nH]cc(CCNC(=O)c3ccc(C)c(NC(=O)C4=CSCCO4)c3)c2c1. The molecule has 0 bridgehead atoms. The van der Waals surface area contributed by atoms with Gasteiger partial charge < -0.3 is 25.1 Å². The van der Waals surface area contributed by atoms with Crippen LogP contribution < -0.4 is 15.4 Å². The maximum Gasteiger partial charge on any atom is 0.291 e. The van der Waals surface area contributed by atoms with E-state index in [0.717, 1.165) is 33.5 Å². The first kappa shape index (κ1) is 21.8. The number of aromatic nitrogens is 1. The number of rotatable bonds is 7. The molecule has 0 saturated carbocycles. The fourth-order valence-electron chi connectivity index (χ4n) is 3.47. The Hall–Kier alpha value is -3.39. The van der Waals surface area contributed by atoms with Crippen LogP contribution in [0.25, 0.3) is 10.9 Å². The standard InChI is InChI=1S/C24H25N3O4S/c1-15-3-4-16(11-21(15)27-24(29)22-14-32-10-9-31-22)23(28)25-8-7-17-13-26-20-6-5-18(30-2)12-19(17)20/h3-6,11-14,26H,7-10H2,1-2H3,(H,25,28)(H,27,29). The van der Waals surface area contributed by atoms with Crippen molar-refractivity contribution in [2.45, 2.75) is 13.3 Å². The topological polar surface area (TPSA) is 92.5 Å². The molecule has 0 saturated heterocycles. The molecule has 7 nitrogen and oxygen atoms in total. The van der Waals surface area contributed by atoms with E-state index in [1.807, 2.05) is 37.4 Å². The van der Waals surface area contributed by atoms with Crippen molar-refractivity contribution in [3.05, 3.63) is 70.5 Å². The van der Waals surface area contributed by atoms with Crippen molar-refractivity contribution in [2.75, 3.05) is 31.3 Å². The minimum absolute atomic E-state index is 0.193. The second kappa shape index (κ2) is 9.82. The molecule has 0 fully saturated rings. The van der Waals surface area contributed by atoms with E-state index in [-0.39, 0.29) is 11.8 Å². The van der Waals surface area contributed by atoms with Gasteiger partial charge in [-0.05, 0) is 54.8 Å². The van der Waals surface area contributed by atoms with Crippen molar-refractivity contribution in [3.63, 3.8) is 0 Å². The van der Waals surface area contributed by atoms with Crippen molar-refractivity contribution >= 4 is 40.2 Å². The predicted octanol–water partition coefficient (Wildman–Crippen LogP) is 4.00. The number of nitrogens with one attached hydrogen (secondary N) is 3. The monoisotopic (exact) mass is 451 g/mol. The fourth-order valence-corrected chi connectivity index (χ4v) is 4.10. The van der Waals surface area contributed by atoms with Gasteiger partial charge in [-0.15, -0.1) is 11.8 Å². The number of benzene rings is 2. The molecule has 1 aliphatic heterocycles. The lowest BCUT2D eigenvalue weighted by Crippen LogP contribution is -2.26. The molecule has 1 aliphatic rings. The molecule has 0 atom stereocenters. The van der Waals surface area contributed by atoms with Crippen molar-refractivity contribution in [2.24, 2.45) is 0 Å². The number of fused-ring (bicyclic) bond motifs is 1. The minimum Gasteiger partial charge on any atom is -0.497 e. The fraction of sp³-hybridized carbons (Fsp3) is 0.250. The van der Waals surface area contributed by atoms with Crippen LogP contribution in [-0.4, -0.2) is 42.8 Å². The maximum absolute atomic E-state index is 12.7. The summed E-state index contributed by atoms with van der Waals surface area (Å²) in [4.78, 5) is 28.4. The number of carbonyl (C=O) groups excluding carboxylic acids is 2. The van der Waals surface area contributed by atoms with Crippen LogP contribution in [0.15, 0.2) is 53.8 Å². The van der Waals surface area contributed by atoms with Crippen LogP contribution in [0.2, 0.25) is 0 Å². The summed E-state index contributed by atoms with van der Waals surface area (Å²) in [7, 11) is 1.64.